The number of aryl methyl sites for hydroxylation is 1. The van der Waals surface area contributed by atoms with Crippen LogP contribution in [0.2, 0.25) is 5.02 Å². The van der Waals surface area contributed by atoms with Gasteiger partial charge in [0.2, 0.25) is 5.95 Å². The minimum absolute atomic E-state index is 0.0381. The summed E-state index contributed by atoms with van der Waals surface area (Å²) in [6.45, 7) is 1.98. The molecule has 4 rings (SSSR count). The Bertz CT molecular complexity index is 841. The topological polar surface area (TPSA) is 34.0 Å². The fourth-order valence-corrected chi connectivity index (χ4v) is 3.33. The van der Waals surface area contributed by atoms with Gasteiger partial charge in [-0.1, -0.05) is 41.9 Å². The number of aromatic nitrogens is 3. The molecule has 22 heavy (non-hydrogen) atoms. The Kier molecular flexibility index (Phi) is 2.94. The Balaban J connectivity index is 2.03. The molecule has 0 radical (unpaired) electrons. The number of hydrogen-bond acceptors (Lipinski definition) is 3. The SMILES string of the molecule is Cc1nnc2n1C(c1ccccc1)c1cc(Cl)ccc1N2C. The van der Waals surface area contributed by atoms with Crippen LogP contribution in [0.3, 0.4) is 0 Å². The van der Waals surface area contributed by atoms with Crippen LogP contribution in [0.4, 0.5) is 11.6 Å². The van der Waals surface area contributed by atoms with E-state index < -0.39 is 0 Å². The van der Waals surface area contributed by atoms with Crippen molar-refractivity contribution in [3.05, 3.63) is 70.5 Å². The maximum atomic E-state index is 6.26. The van der Waals surface area contributed by atoms with Gasteiger partial charge in [-0.05, 0) is 30.7 Å². The lowest BCUT2D eigenvalue weighted by atomic mass is 9.95. The van der Waals surface area contributed by atoms with Crippen molar-refractivity contribution in [3.8, 4) is 0 Å². The van der Waals surface area contributed by atoms with Gasteiger partial charge in [0.25, 0.3) is 0 Å². The number of rotatable bonds is 1. The molecule has 1 aliphatic heterocycles. The average Bonchev–Trinajstić information content (AvgIpc) is 2.91. The largest absolute Gasteiger partial charge is 0.313 e. The molecular weight excluding hydrogens is 296 g/mol. The first-order valence-corrected chi connectivity index (χ1v) is 7.54. The second-order valence-electron chi connectivity index (χ2n) is 5.49. The Morgan fingerprint density at radius 2 is 1.82 bits per heavy atom. The second kappa shape index (κ2) is 4.85. The van der Waals surface area contributed by atoms with Crippen molar-refractivity contribution in [2.24, 2.45) is 0 Å². The highest BCUT2D eigenvalue weighted by Gasteiger charge is 2.32. The van der Waals surface area contributed by atoms with Gasteiger partial charge in [0.15, 0.2) is 0 Å². The van der Waals surface area contributed by atoms with Crippen molar-refractivity contribution in [1.82, 2.24) is 14.8 Å². The fourth-order valence-electron chi connectivity index (χ4n) is 3.15. The molecule has 1 aliphatic rings. The Hall–Kier alpha value is -2.33. The molecule has 0 saturated carbocycles. The maximum absolute atomic E-state index is 6.26. The van der Waals surface area contributed by atoms with Crippen molar-refractivity contribution in [3.63, 3.8) is 0 Å². The van der Waals surface area contributed by atoms with E-state index in [0.717, 1.165) is 28.0 Å². The summed E-state index contributed by atoms with van der Waals surface area (Å²) < 4.78 is 2.16. The lowest BCUT2D eigenvalue weighted by Gasteiger charge is -2.34. The lowest BCUT2D eigenvalue weighted by Crippen LogP contribution is -2.28. The van der Waals surface area contributed by atoms with Gasteiger partial charge in [-0.2, -0.15) is 0 Å². The number of anilines is 2. The van der Waals surface area contributed by atoms with Gasteiger partial charge < -0.3 is 4.90 Å². The smallest absolute Gasteiger partial charge is 0.232 e. The third-order valence-corrected chi connectivity index (χ3v) is 4.40. The van der Waals surface area contributed by atoms with E-state index in [1.165, 1.54) is 5.56 Å². The Morgan fingerprint density at radius 3 is 2.59 bits per heavy atom. The number of hydrogen-bond donors (Lipinski definition) is 0. The van der Waals surface area contributed by atoms with Crippen molar-refractivity contribution in [2.45, 2.75) is 13.0 Å². The maximum Gasteiger partial charge on any atom is 0.232 e. The van der Waals surface area contributed by atoms with E-state index in [-0.39, 0.29) is 6.04 Å². The molecule has 1 aromatic heterocycles. The monoisotopic (exact) mass is 310 g/mol. The number of benzene rings is 2. The van der Waals surface area contributed by atoms with Gasteiger partial charge in [-0.3, -0.25) is 4.57 Å². The van der Waals surface area contributed by atoms with Crippen LogP contribution >= 0.6 is 11.6 Å². The molecule has 2 heterocycles. The zero-order valence-electron chi connectivity index (χ0n) is 12.4. The molecule has 5 heteroatoms. The van der Waals surface area contributed by atoms with Crippen LogP contribution in [0.25, 0.3) is 0 Å². The minimum atomic E-state index is 0.0381. The van der Waals surface area contributed by atoms with E-state index in [9.17, 15) is 0 Å². The number of nitrogens with zero attached hydrogens (tertiary/aromatic N) is 4. The zero-order chi connectivity index (χ0) is 15.3. The van der Waals surface area contributed by atoms with E-state index in [4.69, 9.17) is 11.6 Å². The van der Waals surface area contributed by atoms with Crippen LogP contribution in [0.5, 0.6) is 0 Å². The number of halogens is 1. The molecule has 4 nitrogen and oxygen atoms in total. The third kappa shape index (κ3) is 1.84. The average molecular weight is 311 g/mol. The Morgan fingerprint density at radius 1 is 1.05 bits per heavy atom. The molecule has 2 aromatic carbocycles. The quantitative estimate of drug-likeness (QED) is 0.682. The molecule has 0 amide bonds. The predicted octanol–water partition coefficient (Wildman–Crippen LogP) is 3.96. The van der Waals surface area contributed by atoms with E-state index in [0.29, 0.717) is 0 Å². The van der Waals surface area contributed by atoms with E-state index in [2.05, 4.69) is 43.9 Å². The number of fused-ring (bicyclic) bond motifs is 2. The highest BCUT2D eigenvalue weighted by molar-refractivity contribution is 6.30. The van der Waals surface area contributed by atoms with Crippen LogP contribution in [-0.4, -0.2) is 21.8 Å². The molecule has 0 fully saturated rings. The first-order valence-electron chi connectivity index (χ1n) is 7.16. The lowest BCUT2D eigenvalue weighted by molar-refractivity contribution is 0.634. The second-order valence-corrected chi connectivity index (χ2v) is 5.93. The van der Waals surface area contributed by atoms with Crippen LogP contribution in [-0.2, 0) is 0 Å². The van der Waals surface area contributed by atoms with Crippen LogP contribution < -0.4 is 4.90 Å². The van der Waals surface area contributed by atoms with Crippen LogP contribution in [0, 0.1) is 6.92 Å². The summed E-state index contributed by atoms with van der Waals surface area (Å²) in [7, 11) is 2.01. The highest BCUT2D eigenvalue weighted by atomic mass is 35.5. The fraction of sp³-hybridized carbons (Fsp3) is 0.176. The summed E-state index contributed by atoms with van der Waals surface area (Å²) in [6.07, 6.45) is 0. The molecule has 0 bridgehead atoms. The Labute approximate surface area is 134 Å². The predicted molar refractivity (Wildman–Crippen MR) is 88.0 cm³/mol. The summed E-state index contributed by atoms with van der Waals surface area (Å²) >= 11 is 6.26. The van der Waals surface area contributed by atoms with E-state index in [1.807, 2.05) is 38.2 Å². The summed E-state index contributed by atoms with van der Waals surface area (Å²) in [6, 6.07) is 16.4. The molecule has 110 valence electrons. The molecule has 0 spiro atoms. The molecule has 0 N–H and O–H groups in total. The van der Waals surface area contributed by atoms with Gasteiger partial charge in [-0.15, -0.1) is 10.2 Å². The summed E-state index contributed by atoms with van der Waals surface area (Å²) in [5, 5.41) is 9.35. The standard InChI is InChI=1S/C17H15ClN4/c1-11-19-20-17-21(2)15-9-8-13(18)10-14(15)16(22(11)17)12-6-4-3-5-7-12/h3-10,16H,1-2H3. The van der Waals surface area contributed by atoms with E-state index >= 15 is 0 Å². The van der Waals surface area contributed by atoms with Gasteiger partial charge in [0, 0.05) is 23.3 Å². The van der Waals surface area contributed by atoms with Gasteiger partial charge in [0.1, 0.15) is 5.82 Å². The van der Waals surface area contributed by atoms with Crippen molar-refractivity contribution in [2.75, 3.05) is 11.9 Å². The normalized spacial score (nSPS) is 16.3. The van der Waals surface area contributed by atoms with Gasteiger partial charge in [0.05, 0.1) is 6.04 Å². The van der Waals surface area contributed by atoms with Gasteiger partial charge >= 0.3 is 0 Å². The molecule has 1 unspecified atom stereocenters. The molecule has 3 aromatic rings. The molecule has 0 saturated heterocycles. The first kappa shape index (κ1) is 13.3. The molecule has 1 atom stereocenters. The summed E-state index contributed by atoms with van der Waals surface area (Å²) in [5.74, 6) is 1.74. The van der Waals surface area contributed by atoms with Crippen LogP contribution in [0.1, 0.15) is 23.0 Å². The highest BCUT2D eigenvalue weighted by Crippen LogP contribution is 2.43. The summed E-state index contributed by atoms with van der Waals surface area (Å²) in [5.41, 5.74) is 3.47. The minimum Gasteiger partial charge on any atom is -0.313 e. The first-order chi connectivity index (χ1) is 10.7. The van der Waals surface area contributed by atoms with E-state index in [1.54, 1.807) is 0 Å². The van der Waals surface area contributed by atoms with Crippen molar-refractivity contribution >= 4 is 23.2 Å². The molecular formula is C17H15ClN4. The third-order valence-electron chi connectivity index (χ3n) is 4.17. The van der Waals surface area contributed by atoms with Crippen molar-refractivity contribution in [1.29, 1.82) is 0 Å². The zero-order valence-corrected chi connectivity index (χ0v) is 13.1. The van der Waals surface area contributed by atoms with Crippen molar-refractivity contribution < 1.29 is 0 Å². The van der Waals surface area contributed by atoms with Gasteiger partial charge in [-0.25, -0.2) is 0 Å². The molecule has 0 aliphatic carbocycles. The summed E-state index contributed by atoms with van der Waals surface area (Å²) in [4.78, 5) is 2.06. The van der Waals surface area contributed by atoms with Crippen LogP contribution in [0.15, 0.2) is 48.5 Å².